The molecule has 3 amide bonds. The Morgan fingerprint density at radius 3 is 2.52 bits per heavy atom. The standard InChI is InChI=1S/C19H24N4O2/c1-15-5-3-4-6-17(15)14-23(2)19(25)21-12-9-18(24)22-13-16-7-10-20-11-8-16/h3-8,10-11H,9,12-14H2,1-2H3,(H,21,25)(H,22,24). The normalized spacial score (nSPS) is 10.2. The molecule has 0 spiro atoms. The van der Waals surface area contributed by atoms with Crippen LogP contribution < -0.4 is 10.6 Å². The third-order valence-electron chi connectivity index (χ3n) is 3.88. The molecule has 0 radical (unpaired) electrons. The van der Waals surface area contributed by atoms with Crippen LogP contribution in [-0.4, -0.2) is 35.4 Å². The van der Waals surface area contributed by atoms with E-state index in [1.807, 2.05) is 43.3 Å². The number of rotatable bonds is 7. The van der Waals surface area contributed by atoms with Crippen molar-refractivity contribution in [2.75, 3.05) is 13.6 Å². The lowest BCUT2D eigenvalue weighted by Gasteiger charge is -2.19. The van der Waals surface area contributed by atoms with Gasteiger partial charge in [0.2, 0.25) is 5.91 Å². The summed E-state index contributed by atoms with van der Waals surface area (Å²) in [5, 5.41) is 5.58. The van der Waals surface area contributed by atoms with Gasteiger partial charge in [-0.2, -0.15) is 0 Å². The molecule has 6 nitrogen and oxygen atoms in total. The number of pyridine rings is 1. The highest BCUT2D eigenvalue weighted by Gasteiger charge is 2.10. The molecule has 6 heteroatoms. The molecule has 2 N–H and O–H groups in total. The number of urea groups is 1. The molecule has 2 rings (SSSR count). The van der Waals surface area contributed by atoms with Gasteiger partial charge in [-0.1, -0.05) is 24.3 Å². The van der Waals surface area contributed by atoms with Crippen LogP contribution in [0, 0.1) is 6.92 Å². The number of carbonyl (C=O) groups is 2. The smallest absolute Gasteiger partial charge is 0.317 e. The van der Waals surface area contributed by atoms with Crippen molar-refractivity contribution >= 4 is 11.9 Å². The summed E-state index contributed by atoms with van der Waals surface area (Å²) in [6, 6.07) is 11.5. The van der Waals surface area contributed by atoms with Crippen LogP contribution in [0.1, 0.15) is 23.1 Å². The second kappa shape index (κ2) is 9.42. The minimum Gasteiger partial charge on any atom is -0.352 e. The van der Waals surface area contributed by atoms with Gasteiger partial charge in [0.1, 0.15) is 0 Å². The van der Waals surface area contributed by atoms with E-state index >= 15 is 0 Å². The van der Waals surface area contributed by atoms with Crippen molar-refractivity contribution in [3.05, 3.63) is 65.5 Å². The van der Waals surface area contributed by atoms with Gasteiger partial charge in [-0.25, -0.2) is 4.79 Å². The molecule has 0 fully saturated rings. The molecule has 1 heterocycles. The van der Waals surface area contributed by atoms with E-state index in [0.29, 0.717) is 19.6 Å². The van der Waals surface area contributed by atoms with E-state index in [0.717, 1.165) is 16.7 Å². The Balaban J connectivity index is 1.67. The van der Waals surface area contributed by atoms with Crippen LogP contribution in [0.4, 0.5) is 4.79 Å². The van der Waals surface area contributed by atoms with Crippen molar-refractivity contribution in [1.29, 1.82) is 0 Å². The predicted octanol–water partition coefficient (Wildman–Crippen LogP) is 2.24. The fourth-order valence-corrected chi connectivity index (χ4v) is 2.32. The van der Waals surface area contributed by atoms with Crippen LogP contribution in [-0.2, 0) is 17.9 Å². The van der Waals surface area contributed by atoms with E-state index in [-0.39, 0.29) is 18.4 Å². The molecule has 0 aliphatic rings. The highest BCUT2D eigenvalue weighted by atomic mass is 16.2. The van der Waals surface area contributed by atoms with Gasteiger partial charge >= 0.3 is 6.03 Å². The van der Waals surface area contributed by atoms with Crippen molar-refractivity contribution in [2.24, 2.45) is 0 Å². The monoisotopic (exact) mass is 340 g/mol. The number of nitrogens with zero attached hydrogens (tertiary/aromatic N) is 2. The molecule has 25 heavy (non-hydrogen) atoms. The molecule has 0 aliphatic heterocycles. The topological polar surface area (TPSA) is 74.3 Å². The van der Waals surface area contributed by atoms with Crippen LogP contribution in [0.5, 0.6) is 0 Å². The minimum absolute atomic E-state index is 0.0985. The molecule has 132 valence electrons. The fraction of sp³-hybridized carbons (Fsp3) is 0.316. The molecule has 2 aromatic rings. The first kappa shape index (κ1) is 18.4. The van der Waals surface area contributed by atoms with Crippen molar-refractivity contribution in [1.82, 2.24) is 20.5 Å². The van der Waals surface area contributed by atoms with E-state index in [4.69, 9.17) is 0 Å². The average molecular weight is 340 g/mol. The van der Waals surface area contributed by atoms with E-state index in [1.54, 1.807) is 24.3 Å². The lowest BCUT2D eigenvalue weighted by Crippen LogP contribution is -2.38. The molecular weight excluding hydrogens is 316 g/mol. The van der Waals surface area contributed by atoms with Gasteiger partial charge in [0, 0.05) is 45.5 Å². The van der Waals surface area contributed by atoms with Crippen LogP contribution in [0.2, 0.25) is 0 Å². The first-order chi connectivity index (χ1) is 12.1. The number of amides is 3. The average Bonchev–Trinajstić information content (AvgIpc) is 2.62. The minimum atomic E-state index is -0.190. The Labute approximate surface area is 148 Å². The number of hydrogen-bond donors (Lipinski definition) is 2. The summed E-state index contributed by atoms with van der Waals surface area (Å²) >= 11 is 0. The zero-order valence-corrected chi connectivity index (χ0v) is 14.7. The first-order valence-corrected chi connectivity index (χ1v) is 8.25. The summed E-state index contributed by atoms with van der Waals surface area (Å²) in [5.74, 6) is -0.0985. The molecule has 0 unspecified atom stereocenters. The third kappa shape index (κ3) is 6.25. The first-order valence-electron chi connectivity index (χ1n) is 8.25. The fourth-order valence-electron chi connectivity index (χ4n) is 2.32. The Bertz CT molecular complexity index is 704. The molecule has 0 bridgehead atoms. The second-order valence-corrected chi connectivity index (χ2v) is 5.90. The van der Waals surface area contributed by atoms with Crippen molar-refractivity contribution in [3.63, 3.8) is 0 Å². The number of aryl methyl sites for hydroxylation is 1. The van der Waals surface area contributed by atoms with E-state index in [2.05, 4.69) is 15.6 Å². The van der Waals surface area contributed by atoms with E-state index in [1.165, 1.54) is 0 Å². The van der Waals surface area contributed by atoms with Gasteiger partial charge in [0.25, 0.3) is 0 Å². The zero-order chi connectivity index (χ0) is 18.1. The highest BCUT2D eigenvalue weighted by Crippen LogP contribution is 2.09. The Morgan fingerprint density at radius 2 is 1.80 bits per heavy atom. The van der Waals surface area contributed by atoms with Crippen LogP contribution in [0.15, 0.2) is 48.8 Å². The molecular formula is C19H24N4O2. The van der Waals surface area contributed by atoms with Crippen molar-refractivity contribution < 1.29 is 9.59 Å². The molecule has 0 saturated carbocycles. The highest BCUT2D eigenvalue weighted by molar-refractivity contribution is 5.78. The largest absolute Gasteiger partial charge is 0.352 e. The van der Waals surface area contributed by atoms with Gasteiger partial charge in [-0.3, -0.25) is 9.78 Å². The number of aromatic nitrogens is 1. The van der Waals surface area contributed by atoms with Gasteiger partial charge in [0.15, 0.2) is 0 Å². The summed E-state index contributed by atoms with van der Waals surface area (Å²) in [5.41, 5.74) is 3.25. The van der Waals surface area contributed by atoms with Crippen molar-refractivity contribution in [3.8, 4) is 0 Å². The van der Waals surface area contributed by atoms with Gasteiger partial charge in [-0.05, 0) is 35.7 Å². The van der Waals surface area contributed by atoms with E-state index < -0.39 is 0 Å². The molecule has 1 aromatic heterocycles. The number of nitrogens with one attached hydrogen (secondary N) is 2. The maximum atomic E-state index is 12.1. The lowest BCUT2D eigenvalue weighted by molar-refractivity contribution is -0.121. The number of hydrogen-bond acceptors (Lipinski definition) is 3. The molecule has 0 aliphatic carbocycles. The predicted molar refractivity (Wildman–Crippen MR) is 96.7 cm³/mol. The number of benzene rings is 1. The maximum Gasteiger partial charge on any atom is 0.317 e. The third-order valence-corrected chi connectivity index (χ3v) is 3.88. The Kier molecular flexibility index (Phi) is 6.95. The van der Waals surface area contributed by atoms with Gasteiger partial charge in [-0.15, -0.1) is 0 Å². The lowest BCUT2D eigenvalue weighted by atomic mass is 10.1. The van der Waals surface area contributed by atoms with Gasteiger partial charge < -0.3 is 15.5 Å². The molecule has 0 atom stereocenters. The second-order valence-electron chi connectivity index (χ2n) is 5.90. The Hall–Kier alpha value is -2.89. The van der Waals surface area contributed by atoms with Crippen LogP contribution >= 0.6 is 0 Å². The quantitative estimate of drug-likeness (QED) is 0.812. The zero-order valence-electron chi connectivity index (χ0n) is 14.7. The van der Waals surface area contributed by atoms with E-state index in [9.17, 15) is 9.59 Å². The molecule has 1 aromatic carbocycles. The summed E-state index contributed by atoms with van der Waals surface area (Å²) in [7, 11) is 1.74. The molecule has 0 saturated heterocycles. The number of carbonyl (C=O) groups excluding carboxylic acids is 2. The van der Waals surface area contributed by atoms with Crippen molar-refractivity contribution in [2.45, 2.75) is 26.4 Å². The summed E-state index contributed by atoms with van der Waals surface area (Å²) in [6.45, 7) is 3.32. The van der Waals surface area contributed by atoms with Crippen LogP contribution in [0.25, 0.3) is 0 Å². The SMILES string of the molecule is Cc1ccccc1CN(C)C(=O)NCCC(=O)NCc1ccncc1. The Morgan fingerprint density at radius 1 is 1.08 bits per heavy atom. The summed E-state index contributed by atoms with van der Waals surface area (Å²) in [4.78, 5) is 29.4. The van der Waals surface area contributed by atoms with Crippen LogP contribution in [0.3, 0.4) is 0 Å². The van der Waals surface area contributed by atoms with Gasteiger partial charge in [0.05, 0.1) is 0 Å². The summed E-state index contributed by atoms with van der Waals surface area (Å²) in [6.07, 6.45) is 3.62. The maximum absolute atomic E-state index is 12.1. The summed E-state index contributed by atoms with van der Waals surface area (Å²) < 4.78 is 0.